The summed E-state index contributed by atoms with van der Waals surface area (Å²) < 4.78 is 36.4. The maximum absolute atomic E-state index is 13.2. The van der Waals surface area contributed by atoms with Crippen LogP contribution in [0.3, 0.4) is 0 Å². The number of hydrogen-bond donors (Lipinski definition) is 0. The summed E-state index contributed by atoms with van der Waals surface area (Å²) in [4.78, 5) is 18.2. The zero-order chi connectivity index (χ0) is 21.8. The van der Waals surface area contributed by atoms with Crippen molar-refractivity contribution in [3.05, 3.63) is 46.6 Å². The van der Waals surface area contributed by atoms with Crippen molar-refractivity contribution in [2.24, 2.45) is 4.99 Å². The van der Waals surface area contributed by atoms with Crippen LogP contribution in [0.15, 0.2) is 51.0 Å². The molecule has 1 amide bonds. The number of sulfonamides is 1. The number of fused-ring (bicyclic) bond motifs is 1. The molecule has 3 aromatic rings. The fourth-order valence-corrected chi connectivity index (χ4v) is 7.59. The third kappa shape index (κ3) is 4.68. The molecular formula is C21H25N3O4S3. The van der Waals surface area contributed by atoms with Crippen molar-refractivity contribution in [1.82, 2.24) is 8.87 Å². The number of hydrogen-bond acceptors (Lipinski definition) is 6. The van der Waals surface area contributed by atoms with E-state index in [0.717, 1.165) is 23.1 Å². The van der Waals surface area contributed by atoms with E-state index in [-0.39, 0.29) is 4.21 Å². The van der Waals surface area contributed by atoms with Crippen molar-refractivity contribution in [3.8, 4) is 0 Å². The van der Waals surface area contributed by atoms with Gasteiger partial charge in [-0.25, -0.2) is 8.42 Å². The highest BCUT2D eigenvalue weighted by molar-refractivity contribution is 7.91. The third-order valence-corrected chi connectivity index (χ3v) is 9.59. The number of thiazole rings is 1. The third-order valence-electron chi connectivity index (χ3n) is 5.25. The van der Waals surface area contributed by atoms with Gasteiger partial charge in [0.05, 0.1) is 16.8 Å². The molecule has 1 unspecified atom stereocenters. The van der Waals surface area contributed by atoms with Gasteiger partial charge in [0.25, 0.3) is 15.9 Å². The Kier molecular flexibility index (Phi) is 7.02. The minimum Gasteiger partial charge on any atom is -0.380 e. The molecule has 1 aliphatic rings. The Balaban J connectivity index is 1.70. The summed E-state index contributed by atoms with van der Waals surface area (Å²) in [6, 6.07) is 10.4. The van der Waals surface area contributed by atoms with Crippen LogP contribution in [-0.4, -0.2) is 49.0 Å². The van der Waals surface area contributed by atoms with Crippen LogP contribution >= 0.6 is 22.7 Å². The van der Waals surface area contributed by atoms with Crippen molar-refractivity contribution < 1.29 is 17.9 Å². The van der Waals surface area contributed by atoms with Gasteiger partial charge >= 0.3 is 0 Å². The quantitative estimate of drug-likeness (QED) is 0.486. The van der Waals surface area contributed by atoms with E-state index in [0.29, 0.717) is 37.5 Å². The second-order valence-electron chi connectivity index (χ2n) is 7.21. The summed E-state index contributed by atoms with van der Waals surface area (Å²) in [6.07, 6.45) is 2.03. The maximum Gasteiger partial charge on any atom is 0.266 e. The van der Waals surface area contributed by atoms with Crippen LogP contribution in [0.5, 0.6) is 0 Å². The van der Waals surface area contributed by atoms with Crippen LogP contribution in [-0.2, 0) is 26.1 Å². The van der Waals surface area contributed by atoms with E-state index in [1.54, 1.807) is 17.5 Å². The number of carbonyl (C=O) groups excluding carboxylic acids is 1. The minimum absolute atomic E-state index is 0.265. The van der Waals surface area contributed by atoms with Gasteiger partial charge in [-0.2, -0.15) is 9.30 Å². The molecule has 2 aromatic heterocycles. The Morgan fingerprint density at radius 3 is 2.84 bits per heavy atom. The first-order chi connectivity index (χ1) is 15.0. The van der Waals surface area contributed by atoms with Crippen molar-refractivity contribution in [2.75, 3.05) is 19.8 Å². The normalized spacial score (nSPS) is 18.6. The van der Waals surface area contributed by atoms with Gasteiger partial charge in [0.15, 0.2) is 4.80 Å². The highest BCUT2D eigenvalue weighted by Crippen LogP contribution is 2.28. The Morgan fingerprint density at radius 2 is 2.06 bits per heavy atom. The molecule has 1 aliphatic heterocycles. The standard InChI is InChI=1S/C21H25N3O4S3/c1-2-28-14-13-23-16-8-3-4-10-18(16)30-21(23)22-20(25)17-9-5-6-12-24(17)31(26,27)19-11-7-15-29-19/h3-4,7-8,10-11,15,17H,2,5-6,9,12-14H2,1H3. The zero-order valence-electron chi connectivity index (χ0n) is 17.3. The fourth-order valence-electron chi connectivity index (χ4n) is 3.76. The van der Waals surface area contributed by atoms with Gasteiger partial charge in [0, 0.05) is 19.7 Å². The number of para-hydroxylation sites is 1. The molecule has 0 aliphatic carbocycles. The van der Waals surface area contributed by atoms with Crippen LogP contribution in [0.1, 0.15) is 26.2 Å². The number of carbonyl (C=O) groups is 1. The first-order valence-electron chi connectivity index (χ1n) is 10.3. The lowest BCUT2D eigenvalue weighted by atomic mass is 10.0. The number of aromatic nitrogens is 1. The lowest BCUT2D eigenvalue weighted by Crippen LogP contribution is -2.47. The van der Waals surface area contributed by atoms with Crippen molar-refractivity contribution in [3.63, 3.8) is 0 Å². The zero-order valence-corrected chi connectivity index (χ0v) is 19.7. The number of amides is 1. The van der Waals surface area contributed by atoms with Crippen molar-refractivity contribution in [2.45, 2.75) is 43.0 Å². The number of ether oxygens (including phenoxy) is 1. The SMILES string of the molecule is CCOCCn1c(=NC(=O)C2CCCCN2S(=O)(=O)c2cccs2)sc2ccccc21. The Labute approximate surface area is 189 Å². The summed E-state index contributed by atoms with van der Waals surface area (Å²) in [5, 5.41) is 1.73. The van der Waals surface area contributed by atoms with E-state index in [1.807, 2.05) is 35.8 Å². The molecule has 4 rings (SSSR count). The summed E-state index contributed by atoms with van der Waals surface area (Å²) in [5.74, 6) is -0.406. The Morgan fingerprint density at radius 1 is 1.23 bits per heavy atom. The molecular weight excluding hydrogens is 454 g/mol. The van der Waals surface area contributed by atoms with Crippen molar-refractivity contribution >= 4 is 48.8 Å². The second-order valence-corrected chi connectivity index (χ2v) is 11.3. The van der Waals surface area contributed by atoms with Gasteiger partial charge in [-0.15, -0.1) is 11.3 Å². The molecule has 10 heteroatoms. The van der Waals surface area contributed by atoms with Gasteiger partial charge in [0.1, 0.15) is 10.3 Å². The molecule has 0 bridgehead atoms. The largest absolute Gasteiger partial charge is 0.380 e. The summed E-state index contributed by atoms with van der Waals surface area (Å²) in [6.45, 7) is 3.98. The van der Waals surface area contributed by atoms with E-state index in [4.69, 9.17) is 4.74 Å². The van der Waals surface area contributed by atoms with Crippen LogP contribution in [0.2, 0.25) is 0 Å². The first kappa shape index (κ1) is 22.3. The average Bonchev–Trinajstić information content (AvgIpc) is 3.43. The van der Waals surface area contributed by atoms with Gasteiger partial charge in [0.2, 0.25) is 0 Å². The Bertz CT molecular complexity index is 1210. The molecule has 1 fully saturated rings. The molecule has 1 atom stereocenters. The topological polar surface area (TPSA) is 81.0 Å². The number of piperidine rings is 1. The predicted molar refractivity (Wildman–Crippen MR) is 123 cm³/mol. The molecule has 1 saturated heterocycles. The van der Waals surface area contributed by atoms with Crippen LogP contribution < -0.4 is 4.80 Å². The molecule has 0 radical (unpaired) electrons. The van der Waals surface area contributed by atoms with E-state index < -0.39 is 22.0 Å². The molecule has 31 heavy (non-hydrogen) atoms. The van der Waals surface area contributed by atoms with E-state index >= 15 is 0 Å². The number of benzene rings is 1. The van der Waals surface area contributed by atoms with Crippen LogP contribution in [0, 0.1) is 0 Å². The van der Waals surface area contributed by atoms with Gasteiger partial charge < -0.3 is 9.30 Å². The number of nitrogens with zero attached hydrogens (tertiary/aromatic N) is 3. The smallest absolute Gasteiger partial charge is 0.266 e. The minimum atomic E-state index is -3.71. The summed E-state index contributed by atoms with van der Waals surface area (Å²) >= 11 is 2.61. The molecule has 0 spiro atoms. The average molecular weight is 480 g/mol. The Hall–Kier alpha value is -1.85. The number of thiophene rings is 1. The maximum atomic E-state index is 13.2. The molecule has 166 valence electrons. The predicted octanol–water partition coefficient (Wildman–Crippen LogP) is 3.47. The molecule has 7 nitrogen and oxygen atoms in total. The molecule has 3 heterocycles. The number of rotatable bonds is 7. The first-order valence-corrected chi connectivity index (χ1v) is 13.5. The van der Waals surface area contributed by atoms with Gasteiger partial charge in [-0.1, -0.05) is 36.0 Å². The summed E-state index contributed by atoms with van der Waals surface area (Å²) in [5.41, 5.74) is 0.991. The highest BCUT2D eigenvalue weighted by atomic mass is 32.2. The monoisotopic (exact) mass is 479 g/mol. The van der Waals surface area contributed by atoms with Gasteiger partial charge in [-0.05, 0) is 43.3 Å². The van der Waals surface area contributed by atoms with Crippen molar-refractivity contribution in [1.29, 1.82) is 0 Å². The van der Waals surface area contributed by atoms with E-state index in [1.165, 1.54) is 27.0 Å². The fraction of sp³-hybridized carbons (Fsp3) is 0.429. The van der Waals surface area contributed by atoms with E-state index in [9.17, 15) is 13.2 Å². The van der Waals surface area contributed by atoms with Crippen LogP contribution in [0.25, 0.3) is 10.2 Å². The molecule has 1 aromatic carbocycles. The second kappa shape index (κ2) is 9.74. The van der Waals surface area contributed by atoms with Gasteiger partial charge in [-0.3, -0.25) is 4.79 Å². The van der Waals surface area contributed by atoms with Crippen LogP contribution in [0.4, 0.5) is 0 Å². The molecule has 0 N–H and O–H groups in total. The van der Waals surface area contributed by atoms with E-state index in [2.05, 4.69) is 4.99 Å². The lowest BCUT2D eigenvalue weighted by Gasteiger charge is -2.31. The summed E-state index contributed by atoms with van der Waals surface area (Å²) in [7, 11) is -3.71. The lowest BCUT2D eigenvalue weighted by molar-refractivity contribution is -0.122. The molecule has 0 saturated carbocycles. The highest BCUT2D eigenvalue weighted by Gasteiger charge is 2.38.